The number of imidazole rings is 1. The molecule has 1 N–H and O–H groups in total. The number of fused-ring (bicyclic) bond motifs is 1. The van der Waals surface area contributed by atoms with Crippen LogP contribution in [0, 0.1) is 6.92 Å². The molecule has 15 heavy (non-hydrogen) atoms. The van der Waals surface area contributed by atoms with Gasteiger partial charge in [0.1, 0.15) is 11.5 Å². The van der Waals surface area contributed by atoms with Crippen LogP contribution in [0.5, 0.6) is 0 Å². The van der Waals surface area contributed by atoms with Gasteiger partial charge in [0.25, 0.3) is 0 Å². The molecule has 0 radical (unpaired) electrons. The van der Waals surface area contributed by atoms with Crippen LogP contribution in [0.25, 0.3) is 5.65 Å². The predicted molar refractivity (Wildman–Crippen MR) is 63.3 cm³/mol. The summed E-state index contributed by atoms with van der Waals surface area (Å²) in [6, 6.07) is 6.06. The Bertz CT molecular complexity index is 445. The third-order valence-electron chi connectivity index (χ3n) is 2.53. The van der Waals surface area contributed by atoms with Gasteiger partial charge in [-0.15, -0.1) is 0 Å². The topological polar surface area (TPSA) is 29.3 Å². The van der Waals surface area contributed by atoms with Gasteiger partial charge in [-0.05, 0) is 25.5 Å². The molecule has 0 aliphatic carbocycles. The lowest BCUT2D eigenvalue weighted by Gasteiger charge is -2.05. The van der Waals surface area contributed by atoms with Gasteiger partial charge in [0.05, 0.1) is 5.69 Å². The lowest BCUT2D eigenvalue weighted by molar-refractivity contribution is 0.829. The molecule has 0 aliphatic heterocycles. The zero-order valence-electron chi connectivity index (χ0n) is 9.33. The monoisotopic (exact) mass is 203 g/mol. The maximum absolute atomic E-state index is 4.49. The summed E-state index contributed by atoms with van der Waals surface area (Å²) >= 11 is 0. The Morgan fingerprint density at radius 2 is 2.27 bits per heavy atom. The summed E-state index contributed by atoms with van der Waals surface area (Å²) in [4.78, 5) is 4.49. The average Bonchev–Trinajstić information content (AvgIpc) is 2.56. The van der Waals surface area contributed by atoms with Crippen LogP contribution in [-0.2, 0) is 0 Å². The fraction of sp³-hybridized carbons (Fsp3) is 0.417. The molecule has 80 valence electrons. The van der Waals surface area contributed by atoms with Gasteiger partial charge in [0, 0.05) is 12.7 Å². The minimum Gasteiger partial charge on any atom is -0.370 e. The summed E-state index contributed by atoms with van der Waals surface area (Å²) < 4.78 is 2.10. The van der Waals surface area contributed by atoms with E-state index < -0.39 is 0 Å². The number of aromatic nitrogens is 2. The minimum atomic E-state index is 1.01. The Morgan fingerprint density at radius 1 is 1.40 bits per heavy atom. The van der Waals surface area contributed by atoms with Crippen molar-refractivity contribution in [3.05, 3.63) is 30.1 Å². The molecule has 0 saturated carbocycles. The molecule has 0 aromatic carbocycles. The lowest BCUT2D eigenvalue weighted by atomic mass is 10.3. The van der Waals surface area contributed by atoms with E-state index in [1.807, 2.05) is 31.3 Å². The fourth-order valence-corrected chi connectivity index (χ4v) is 1.71. The first-order valence-corrected chi connectivity index (χ1v) is 5.50. The first kappa shape index (κ1) is 10.0. The predicted octanol–water partition coefficient (Wildman–Crippen LogP) is 2.85. The van der Waals surface area contributed by atoms with Crippen molar-refractivity contribution in [2.75, 3.05) is 11.9 Å². The molecule has 0 saturated heterocycles. The summed E-state index contributed by atoms with van der Waals surface area (Å²) in [7, 11) is 0. The molecule has 2 rings (SSSR count). The van der Waals surface area contributed by atoms with Crippen molar-refractivity contribution >= 4 is 11.5 Å². The van der Waals surface area contributed by atoms with E-state index in [4.69, 9.17) is 0 Å². The maximum Gasteiger partial charge on any atom is 0.138 e. The van der Waals surface area contributed by atoms with Crippen molar-refractivity contribution in [1.29, 1.82) is 0 Å². The number of unbranched alkanes of at least 4 members (excludes halogenated alkanes) is 1. The molecule has 3 nitrogen and oxygen atoms in total. The van der Waals surface area contributed by atoms with Crippen molar-refractivity contribution < 1.29 is 0 Å². The highest BCUT2D eigenvalue weighted by Gasteiger charge is 2.05. The van der Waals surface area contributed by atoms with E-state index in [2.05, 4.69) is 21.6 Å². The van der Waals surface area contributed by atoms with E-state index in [-0.39, 0.29) is 0 Å². The molecule has 0 atom stereocenters. The van der Waals surface area contributed by atoms with Gasteiger partial charge in [0.2, 0.25) is 0 Å². The van der Waals surface area contributed by atoms with E-state index in [0.717, 1.165) is 23.7 Å². The van der Waals surface area contributed by atoms with E-state index >= 15 is 0 Å². The first-order chi connectivity index (χ1) is 7.33. The van der Waals surface area contributed by atoms with Gasteiger partial charge in [-0.2, -0.15) is 0 Å². The number of aryl methyl sites for hydroxylation is 1. The molecule has 0 fully saturated rings. The van der Waals surface area contributed by atoms with Crippen LogP contribution in [0.4, 0.5) is 5.82 Å². The Morgan fingerprint density at radius 3 is 3.07 bits per heavy atom. The molecule has 2 heterocycles. The van der Waals surface area contributed by atoms with Crippen LogP contribution < -0.4 is 5.32 Å². The highest BCUT2D eigenvalue weighted by molar-refractivity contribution is 5.54. The maximum atomic E-state index is 4.49. The van der Waals surface area contributed by atoms with Gasteiger partial charge in [-0.3, -0.25) is 4.40 Å². The summed E-state index contributed by atoms with van der Waals surface area (Å²) in [5, 5.41) is 3.44. The Hall–Kier alpha value is -1.51. The summed E-state index contributed by atoms with van der Waals surface area (Å²) in [6.07, 6.45) is 4.45. The second-order valence-corrected chi connectivity index (χ2v) is 3.75. The third-order valence-corrected chi connectivity index (χ3v) is 2.53. The zero-order valence-corrected chi connectivity index (χ0v) is 9.33. The number of pyridine rings is 1. The molecular weight excluding hydrogens is 186 g/mol. The Labute approximate surface area is 90.1 Å². The minimum absolute atomic E-state index is 1.01. The van der Waals surface area contributed by atoms with Crippen molar-refractivity contribution in [3.8, 4) is 0 Å². The molecule has 2 aromatic rings. The standard InChI is InChI=1S/C12H17N3/c1-3-4-8-13-12-10(2)14-11-7-5-6-9-15(11)12/h5-7,9,13H,3-4,8H2,1-2H3. The number of nitrogens with zero attached hydrogens (tertiary/aromatic N) is 2. The summed E-state index contributed by atoms with van der Waals surface area (Å²) in [5.41, 5.74) is 2.08. The van der Waals surface area contributed by atoms with Crippen LogP contribution >= 0.6 is 0 Å². The smallest absolute Gasteiger partial charge is 0.138 e. The Kier molecular flexibility index (Phi) is 2.90. The molecule has 0 amide bonds. The second kappa shape index (κ2) is 4.34. The molecule has 3 heteroatoms. The number of hydrogen-bond acceptors (Lipinski definition) is 2. The largest absolute Gasteiger partial charge is 0.370 e. The third kappa shape index (κ3) is 1.96. The molecule has 0 aliphatic rings. The van der Waals surface area contributed by atoms with Gasteiger partial charge in [-0.25, -0.2) is 4.98 Å². The highest BCUT2D eigenvalue weighted by Crippen LogP contribution is 2.16. The van der Waals surface area contributed by atoms with E-state index in [9.17, 15) is 0 Å². The van der Waals surface area contributed by atoms with Crippen molar-refractivity contribution in [2.45, 2.75) is 26.7 Å². The van der Waals surface area contributed by atoms with E-state index in [0.29, 0.717) is 0 Å². The molecule has 2 aromatic heterocycles. The molecule has 0 bridgehead atoms. The number of rotatable bonds is 4. The Balaban J connectivity index is 2.28. The molecule has 0 spiro atoms. The van der Waals surface area contributed by atoms with Crippen LogP contribution in [0.1, 0.15) is 25.5 Å². The van der Waals surface area contributed by atoms with Crippen LogP contribution in [0.3, 0.4) is 0 Å². The average molecular weight is 203 g/mol. The first-order valence-electron chi connectivity index (χ1n) is 5.50. The highest BCUT2D eigenvalue weighted by atomic mass is 15.1. The van der Waals surface area contributed by atoms with Crippen molar-refractivity contribution in [3.63, 3.8) is 0 Å². The molecule has 0 unspecified atom stereocenters. The quantitative estimate of drug-likeness (QED) is 0.774. The van der Waals surface area contributed by atoms with E-state index in [1.165, 1.54) is 12.8 Å². The van der Waals surface area contributed by atoms with Crippen LogP contribution in [-0.4, -0.2) is 15.9 Å². The number of anilines is 1. The van der Waals surface area contributed by atoms with Crippen molar-refractivity contribution in [1.82, 2.24) is 9.38 Å². The normalized spacial score (nSPS) is 10.8. The lowest BCUT2D eigenvalue weighted by Crippen LogP contribution is -2.04. The summed E-state index contributed by atoms with van der Waals surface area (Å²) in [5.74, 6) is 1.12. The summed E-state index contributed by atoms with van der Waals surface area (Å²) in [6.45, 7) is 5.25. The van der Waals surface area contributed by atoms with Crippen molar-refractivity contribution in [2.24, 2.45) is 0 Å². The second-order valence-electron chi connectivity index (χ2n) is 3.75. The van der Waals surface area contributed by atoms with E-state index in [1.54, 1.807) is 0 Å². The molecular formula is C12H17N3. The SMILES string of the molecule is CCCCNc1c(C)nc2ccccn12. The number of hydrogen-bond donors (Lipinski definition) is 1. The van der Waals surface area contributed by atoms with Gasteiger partial charge < -0.3 is 5.32 Å². The number of nitrogens with one attached hydrogen (secondary N) is 1. The van der Waals surface area contributed by atoms with Crippen LogP contribution in [0.2, 0.25) is 0 Å². The van der Waals surface area contributed by atoms with Gasteiger partial charge in [-0.1, -0.05) is 19.4 Å². The van der Waals surface area contributed by atoms with Crippen LogP contribution in [0.15, 0.2) is 24.4 Å². The zero-order chi connectivity index (χ0) is 10.7. The fourth-order valence-electron chi connectivity index (χ4n) is 1.71. The van der Waals surface area contributed by atoms with Gasteiger partial charge in [0.15, 0.2) is 0 Å². The van der Waals surface area contributed by atoms with Gasteiger partial charge >= 0.3 is 0 Å².